The summed E-state index contributed by atoms with van der Waals surface area (Å²) in [6.45, 7) is 2.55. The molecule has 0 aromatic heterocycles. The van der Waals surface area contributed by atoms with Crippen molar-refractivity contribution in [3.05, 3.63) is 59.2 Å². The number of anilines is 1. The van der Waals surface area contributed by atoms with Crippen LogP contribution in [0, 0.1) is 11.3 Å². The molecule has 2 aromatic rings. The first-order valence-corrected chi connectivity index (χ1v) is 9.28. The molecule has 1 heterocycles. The van der Waals surface area contributed by atoms with E-state index in [1.807, 2.05) is 6.07 Å². The van der Waals surface area contributed by atoms with Crippen LogP contribution >= 0.6 is 0 Å². The molecule has 0 saturated carbocycles. The summed E-state index contributed by atoms with van der Waals surface area (Å²) >= 11 is 0. The Morgan fingerprint density at radius 3 is 2.68 bits per heavy atom. The fraction of sp³-hybridized carbons (Fsp3) is 0.222. The Kier molecular flexibility index (Phi) is 4.47. The summed E-state index contributed by atoms with van der Waals surface area (Å²) in [5, 5.41) is 9.10. The fourth-order valence-electron chi connectivity index (χ4n) is 2.84. The molecule has 7 heteroatoms. The molecule has 128 valence electrons. The van der Waals surface area contributed by atoms with Crippen LogP contribution in [0.2, 0.25) is 0 Å². The van der Waals surface area contributed by atoms with Crippen LogP contribution in [0.3, 0.4) is 0 Å². The highest BCUT2D eigenvalue weighted by Gasteiger charge is 2.22. The molecular formula is C18H17N3O3S. The van der Waals surface area contributed by atoms with Crippen LogP contribution in [0.5, 0.6) is 0 Å². The number of sulfonamides is 1. The third kappa shape index (κ3) is 3.49. The monoisotopic (exact) mass is 355 g/mol. The molecule has 0 radical (unpaired) electrons. The third-order valence-electron chi connectivity index (χ3n) is 4.24. The molecule has 0 atom stereocenters. The first kappa shape index (κ1) is 17.0. The van der Waals surface area contributed by atoms with Crippen molar-refractivity contribution in [1.29, 1.82) is 5.26 Å². The molecule has 0 unspecified atom stereocenters. The van der Waals surface area contributed by atoms with E-state index in [1.54, 1.807) is 47.4 Å². The molecule has 1 aliphatic heterocycles. The highest BCUT2D eigenvalue weighted by molar-refractivity contribution is 7.92. The number of carbonyl (C=O) groups excluding carboxylic acids is 1. The van der Waals surface area contributed by atoms with Gasteiger partial charge in [-0.15, -0.1) is 0 Å². The maximum absolute atomic E-state index is 12.7. The molecule has 1 amide bonds. The molecule has 0 aliphatic carbocycles. The number of carbonyl (C=O) groups is 1. The van der Waals surface area contributed by atoms with E-state index in [9.17, 15) is 13.2 Å². The van der Waals surface area contributed by atoms with Crippen LogP contribution in [0.25, 0.3) is 0 Å². The number of nitrogens with zero attached hydrogens (tertiary/aromatic N) is 2. The van der Waals surface area contributed by atoms with Gasteiger partial charge in [-0.05, 0) is 41.8 Å². The van der Waals surface area contributed by atoms with Crippen molar-refractivity contribution in [1.82, 2.24) is 4.90 Å². The molecule has 0 bridgehead atoms. The van der Waals surface area contributed by atoms with Crippen LogP contribution in [-0.4, -0.2) is 25.8 Å². The second-order valence-corrected chi connectivity index (χ2v) is 7.57. The van der Waals surface area contributed by atoms with E-state index < -0.39 is 10.0 Å². The van der Waals surface area contributed by atoms with Gasteiger partial charge in [0.05, 0.1) is 16.1 Å². The Balaban J connectivity index is 1.92. The van der Waals surface area contributed by atoms with Gasteiger partial charge in [0.15, 0.2) is 0 Å². The Bertz CT molecular complexity index is 977. The number of nitrogens with one attached hydrogen (secondary N) is 1. The van der Waals surface area contributed by atoms with Crippen molar-refractivity contribution in [2.45, 2.75) is 24.8 Å². The second kappa shape index (κ2) is 6.57. The number of hydrogen-bond acceptors (Lipinski definition) is 4. The number of fused-ring (bicyclic) bond motifs is 1. The largest absolute Gasteiger partial charge is 0.338 e. The molecule has 3 rings (SSSR count). The van der Waals surface area contributed by atoms with Gasteiger partial charge in [-0.25, -0.2) is 8.42 Å². The van der Waals surface area contributed by atoms with Gasteiger partial charge in [-0.3, -0.25) is 9.52 Å². The minimum Gasteiger partial charge on any atom is -0.338 e. The lowest BCUT2D eigenvalue weighted by molar-refractivity contribution is -0.129. The van der Waals surface area contributed by atoms with Gasteiger partial charge in [0.2, 0.25) is 5.91 Å². The molecule has 0 fully saturated rings. The first-order valence-electron chi connectivity index (χ1n) is 7.80. The molecule has 25 heavy (non-hydrogen) atoms. The Hall–Kier alpha value is -2.85. The van der Waals surface area contributed by atoms with Crippen LogP contribution in [0.15, 0.2) is 47.4 Å². The normalized spacial score (nSPS) is 13.7. The van der Waals surface area contributed by atoms with Crippen molar-refractivity contribution in [3.63, 3.8) is 0 Å². The van der Waals surface area contributed by atoms with Crippen molar-refractivity contribution in [3.8, 4) is 6.07 Å². The minimum atomic E-state index is -3.82. The van der Waals surface area contributed by atoms with Gasteiger partial charge in [-0.2, -0.15) is 5.26 Å². The standard InChI is InChI=1S/C18H17N3O3S/c1-13(22)21-9-8-14-6-7-17(10-16(14)12-21)25(23,24)20-18-5-3-2-4-15(18)11-19/h2-7,10,20H,8-9,12H2,1H3. The highest BCUT2D eigenvalue weighted by Crippen LogP contribution is 2.25. The smallest absolute Gasteiger partial charge is 0.261 e. The summed E-state index contributed by atoms with van der Waals surface area (Å²) in [7, 11) is -3.82. The predicted molar refractivity (Wildman–Crippen MR) is 93.2 cm³/mol. The van der Waals surface area contributed by atoms with Gasteiger partial charge >= 0.3 is 0 Å². The topological polar surface area (TPSA) is 90.3 Å². The molecule has 2 aromatic carbocycles. The summed E-state index contributed by atoms with van der Waals surface area (Å²) in [6, 6.07) is 13.3. The molecule has 6 nitrogen and oxygen atoms in total. The van der Waals surface area contributed by atoms with E-state index in [1.165, 1.54) is 6.92 Å². The van der Waals surface area contributed by atoms with Gasteiger partial charge < -0.3 is 4.90 Å². The first-order chi connectivity index (χ1) is 11.9. The molecule has 1 aliphatic rings. The lowest BCUT2D eigenvalue weighted by Gasteiger charge is -2.28. The van der Waals surface area contributed by atoms with Gasteiger partial charge in [0.25, 0.3) is 10.0 Å². The number of hydrogen-bond donors (Lipinski definition) is 1. The SMILES string of the molecule is CC(=O)N1CCc2ccc(S(=O)(=O)Nc3ccccc3C#N)cc2C1. The molecule has 1 N–H and O–H groups in total. The van der Waals surface area contributed by atoms with Crippen molar-refractivity contribution in [2.24, 2.45) is 0 Å². The van der Waals surface area contributed by atoms with Crippen LogP contribution in [-0.2, 0) is 27.8 Å². The summed E-state index contributed by atoms with van der Waals surface area (Å²) in [5.74, 6) is -0.0278. The van der Waals surface area contributed by atoms with Crippen LogP contribution in [0.1, 0.15) is 23.6 Å². The summed E-state index contributed by atoms with van der Waals surface area (Å²) < 4.78 is 27.8. The molecule has 0 spiro atoms. The van der Waals surface area contributed by atoms with E-state index in [2.05, 4.69) is 4.72 Å². The fourth-order valence-corrected chi connectivity index (χ4v) is 3.97. The highest BCUT2D eigenvalue weighted by atomic mass is 32.2. The molecule has 0 saturated heterocycles. The maximum atomic E-state index is 12.7. The van der Waals surface area contributed by atoms with E-state index in [4.69, 9.17) is 5.26 Å². The van der Waals surface area contributed by atoms with Crippen molar-refractivity contribution < 1.29 is 13.2 Å². The number of para-hydroxylation sites is 1. The van der Waals surface area contributed by atoms with Crippen LogP contribution in [0.4, 0.5) is 5.69 Å². The minimum absolute atomic E-state index is 0.0278. The average molecular weight is 355 g/mol. The zero-order valence-corrected chi connectivity index (χ0v) is 14.5. The van der Waals surface area contributed by atoms with E-state index >= 15 is 0 Å². The number of nitriles is 1. The van der Waals surface area contributed by atoms with Crippen molar-refractivity contribution in [2.75, 3.05) is 11.3 Å². The summed E-state index contributed by atoms with van der Waals surface area (Å²) in [4.78, 5) is 13.4. The van der Waals surface area contributed by atoms with E-state index in [0.29, 0.717) is 19.5 Å². The number of rotatable bonds is 3. The van der Waals surface area contributed by atoms with Gasteiger partial charge in [0.1, 0.15) is 6.07 Å². The predicted octanol–water partition coefficient (Wildman–Crippen LogP) is 2.26. The zero-order chi connectivity index (χ0) is 18.0. The van der Waals surface area contributed by atoms with Crippen molar-refractivity contribution >= 4 is 21.6 Å². The Labute approximate surface area is 146 Å². The third-order valence-corrected chi connectivity index (χ3v) is 5.60. The summed E-state index contributed by atoms with van der Waals surface area (Å²) in [6.07, 6.45) is 0.708. The average Bonchev–Trinajstić information content (AvgIpc) is 2.60. The van der Waals surface area contributed by atoms with Crippen LogP contribution < -0.4 is 4.72 Å². The number of benzene rings is 2. The molecular weight excluding hydrogens is 338 g/mol. The van der Waals surface area contributed by atoms with E-state index in [-0.39, 0.29) is 22.1 Å². The lowest BCUT2D eigenvalue weighted by Crippen LogP contribution is -2.34. The quantitative estimate of drug-likeness (QED) is 0.914. The Morgan fingerprint density at radius 2 is 1.96 bits per heavy atom. The summed E-state index contributed by atoms with van der Waals surface area (Å²) in [5.41, 5.74) is 2.38. The number of amides is 1. The second-order valence-electron chi connectivity index (χ2n) is 5.88. The maximum Gasteiger partial charge on any atom is 0.261 e. The lowest BCUT2D eigenvalue weighted by atomic mass is 10.00. The Morgan fingerprint density at radius 1 is 1.20 bits per heavy atom. The van der Waals surface area contributed by atoms with Gasteiger partial charge in [0, 0.05) is 20.0 Å². The zero-order valence-electron chi connectivity index (χ0n) is 13.7. The van der Waals surface area contributed by atoms with Gasteiger partial charge in [-0.1, -0.05) is 18.2 Å². The van der Waals surface area contributed by atoms with E-state index in [0.717, 1.165) is 11.1 Å².